The zero-order chi connectivity index (χ0) is 17.4. The Morgan fingerprint density at radius 3 is 2.79 bits per heavy atom. The summed E-state index contributed by atoms with van der Waals surface area (Å²) in [5.74, 6) is -0.762. The molecule has 8 nitrogen and oxygen atoms in total. The second-order valence-electron chi connectivity index (χ2n) is 4.69. The Labute approximate surface area is 138 Å². The fourth-order valence-electron chi connectivity index (χ4n) is 1.82. The van der Waals surface area contributed by atoms with E-state index in [0.717, 1.165) is 5.56 Å². The number of para-hydroxylation sites is 1. The highest BCUT2D eigenvalue weighted by Crippen LogP contribution is 2.15. The highest BCUT2D eigenvalue weighted by molar-refractivity contribution is 6.45. The van der Waals surface area contributed by atoms with Crippen LogP contribution < -0.4 is 16.5 Å². The van der Waals surface area contributed by atoms with Crippen molar-refractivity contribution in [3.63, 3.8) is 0 Å². The number of carbonyl (C=O) groups excluding carboxylic acids is 1. The molecule has 5 N–H and O–H groups in total. The van der Waals surface area contributed by atoms with Gasteiger partial charge in [0, 0.05) is 18.9 Å². The number of benzene rings is 1. The number of nitriles is 1. The standard InChI is InChI=1S/C16H15N7O/c17-8-14(15(18)19)23-22-13-6-2-1-5-12(13)16(24)21-10-11-4-3-7-20-9-11/h1-7,9,22H,10H2,(H3,18,19)(H,21,24)/b23-14+. The molecule has 8 heteroatoms. The number of pyridine rings is 1. The average molecular weight is 321 g/mol. The summed E-state index contributed by atoms with van der Waals surface area (Å²) in [6.07, 6.45) is 3.32. The number of anilines is 1. The molecule has 0 fully saturated rings. The molecule has 0 aliphatic rings. The zero-order valence-corrected chi connectivity index (χ0v) is 12.7. The minimum atomic E-state index is -0.455. The van der Waals surface area contributed by atoms with Crippen molar-refractivity contribution in [3.8, 4) is 6.07 Å². The van der Waals surface area contributed by atoms with Gasteiger partial charge in [0.2, 0.25) is 5.71 Å². The highest BCUT2D eigenvalue weighted by Gasteiger charge is 2.11. The van der Waals surface area contributed by atoms with Crippen molar-refractivity contribution in [1.82, 2.24) is 10.3 Å². The number of rotatable bonds is 6. The maximum Gasteiger partial charge on any atom is 0.253 e. The first-order chi connectivity index (χ1) is 11.6. The molecule has 1 aromatic carbocycles. The number of nitrogens with zero attached hydrogens (tertiary/aromatic N) is 3. The first kappa shape index (κ1) is 16.6. The molecule has 2 aromatic rings. The predicted molar refractivity (Wildman–Crippen MR) is 90.4 cm³/mol. The number of aromatic nitrogens is 1. The Kier molecular flexibility index (Phi) is 5.58. The van der Waals surface area contributed by atoms with Crippen molar-refractivity contribution in [2.45, 2.75) is 6.54 Å². The molecule has 0 atom stereocenters. The topological polar surface area (TPSA) is 140 Å². The summed E-state index contributed by atoms with van der Waals surface area (Å²) in [5, 5.41) is 22.6. The van der Waals surface area contributed by atoms with E-state index >= 15 is 0 Å². The van der Waals surface area contributed by atoms with E-state index in [1.54, 1.807) is 48.8 Å². The van der Waals surface area contributed by atoms with E-state index in [1.165, 1.54) is 0 Å². The smallest absolute Gasteiger partial charge is 0.253 e. The molecule has 0 aliphatic carbocycles. The van der Waals surface area contributed by atoms with E-state index in [9.17, 15) is 4.79 Å². The van der Waals surface area contributed by atoms with Crippen LogP contribution in [0, 0.1) is 16.7 Å². The lowest BCUT2D eigenvalue weighted by molar-refractivity contribution is 0.0951. The largest absolute Gasteiger partial charge is 0.382 e. The Hall–Kier alpha value is -3.73. The van der Waals surface area contributed by atoms with Crippen LogP contribution in [0.4, 0.5) is 5.69 Å². The van der Waals surface area contributed by atoms with E-state index in [0.29, 0.717) is 17.8 Å². The number of hydrogen-bond donors (Lipinski definition) is 4. The Morgan fingerprint density at radius 2 is 2.12 bits per heavy atom. The molecule has 1 aromatic heterocycles. The molecular formula is C16H15N7O. The number of hydrogen-bond acceptors (Lipinski definition) is 6. The molecule has 120 valence electrons. The summed E-state index contributed by atoms with van der Waals surface area (Å²) < 4.78 is 0. The third-order valence-electron chi connectivity index (χ3n) is 3.00. The second kappa shape index (κ2) is 8.05. The number of amides is 1. The van der Waals surface area contributed by atoms with Crippen LogP contribution in [-0.2, 0) is 6.54 Å². The lowest BCUT2D eigenvalue weighted by Gasteiger charge is -2.09. The fourth-order valence-corrected chi connectivity index (χ4v) is 1.82. The molecular weight excluding hydrogens is 306 g/mol. The van der Waals surface area contributed by atoms with E-state index in [4.69, 9.17) is 16.4 Å². The van der Waals surface area contributed by atoms with E-state index in [2.05, 4.69) is 20.8 Å². The van der Waals surface area contributed by atoms with Crippen molar-refractivity contribution in [3.05, 3.63) is 59.9 Å². The quantitative estimate of drug-likeness (QED) is 0.360. The van der Waals surface area contributed by atoms with Gasteiger partial charge in [-0.1, -0.05) is 18.2 Å². The lowest BCUT2D eigenvalue weighted by atomic mass is 10.1. The van der Waals surface area contributed by atoms with Gasteiger partial charge >= 0.3 is 0 Å². The van der Waals surface area contributed by atoms with Crippen LogP contribution in [0.25, 0.3) is 0 Å². The van der Waals surface area contributed by atoms with E-state index in [1.807, 2.05) is 6.07 Å². The van der Waals surface area contributed by atoms with Crippen LogP contribution in [0.1, 0.15) is 15.9 Å². The van der Waals surface area contributed by atoms with Crippen molar-refractivity contribution < 1.29 is 4.79 Å². The van der Waals surface area contributed by atoms with Crippen LogP contribution in [0.15, 0.2) is 53.9 Å². The first-order valence-corrected chi connectivity index (χ1v) is 6.96. The molecule has 2 rings (SSSR count). The minimum absolute atomic E-state index is 0.263. The number of carbonyl (C=O) groups is 1. The van der Waals surface area contributed by atoms with E-state index < -0.39 is 5.84 Å². The summed E-state index contributed by atoms with van der Waals surface area (Å²) in [7, 11) is 0. The maximum absolute atomic E-state index is 12.3. The molecule has 1 heterocycles. The molecule has 0 spiro atoms. The molecule has 0 unspecified atom stereocenters. The van der Waals surface area contributed by atoms with Gasteiger partial charge in [-0.05, 0) is 23.8 Å². The monoisotopic (exact) mass is 321 g/mol. The summed E-state index contributed by atoms with van der Waals surface area (Å²) in [6.45, 7) is 0.334. The third-order valence-corrected chi connectivity index (χ3v) is 3.00. The van der Waals surface area contributed by atoms with Gasteiger partial charge < -0.3 is 11.1 Å². The lowest BCUT2D eigenvalue weighted by Crippen LogP contribution is -2.24. The van der Waals surface area contributed by atoms with Gasteiger partial charge in [0.1, 0.15) is 6.07 Å². The van der Waals surface area contributed by atoms with Crippen LogP contribution in [0.3, 0.4) is 0 Å². The zero-order valence-electron chi connectivity index (χ0n) is 12.7. The normalized spacial score (nSPS) is 10.5. The number of amidine groups is 1. The maximum atomic E-state index is 12.3. The minimum Gasteiger partial charge on any atom is -0.382 e. The van der Waals surface area contributed by atoms with Gasteiger partial charge in [-0.15, -0.1) is 0 Å². The molecule has 0 radical (unpaired) electrons. The summed E-state index contributed by atoms with van der Waals surface area (Å²) in [5.41, 5.74) is 9.18. The number of nitrogens with two attached hydrogens (primary N) is 1. The summed E-state index contributed by atoms with van der Waals surface area (Å²) in [6, 6.07) is 12.0. The van der Waals surface area contributed by atoms with Crippen molar-refractivity contribution >= 4 is 23.1 Å². The molecule has 1 amide bonds. The van der Waals surface area contributed by atoms with Crippen LogP contribution in [0.2, 0.25) is 0 Å². The van der Waals surface area contributed by atoms with Crippen molar-refractivity contribution in [2.24, 2.45) is 10.8 Å². The molecule has 0 bridgehead atoms. The Bertz CT molecular complexity index is 809. The summed E-state index contributed by atoms with van der Waals surface area (Å²) >= 11 is 0. The third kappa shape index (κ3) is 4.38. The number of nitrogens with one attached hydrogen (secondary N) is 3. The van der Waals surface area contributed by atoms with Crippen LogP contribution >= 0.6 is 0 Å². The average Bonchev–Trinajstić information content (AvgIpc) is 2.61. The Morgan fingerprint density at radius 1 is 1.33 bits per heavy atom. The fraction of sp³-hybridized carbons (Fsp3) is 0.0625. The summed E-state index contributed by atoms with van der Waals surface area (Å²) in [4.78, 5) is 16.3. The molecule has 0 saturated carbocycles. The van der Waals surface area contributed by atoms with Gasteiger partial charge in [-0.25, -0.2) is 0 Å². The van der Waals surface area contributed by atoms with Crippen molar-refractivity contribution in [2.75, 3.05) is 5.43 Å². The van der Waals surface area contributed by atoms with Crippen LogP contribution in [0.5, 0.6) is 0 Å². The Balaban J connectivity index is 2.12. The predicted octanol–water partition coefficient (Wildman–Crippen LogP) is 1.24. The molecule has 0 aliphatic heterocycles. The van der Waals surface area contributed by atoms with Gasteiger partial charge in [0.25, 0.3) is 5.91 Å². The highest BCUT2D eigenvalue weighted by atomic mass is 16.1. The van der Waals surface area contributed by atoms with Gasteiger partial charge in [-0.3, -0.25) is 20.6 Å². The van der Waals surface area contributed by atoms with Crippen molar-refractivity contribution in [1.29, 1.82) is 10.7 Å². The van der Waals surface area contributed by atoms with Crippen LogP contribution in [-0.4, -0.2) is 22.4 Å². The first-order valence-electron chi connectivity index (χ1n) is 6.96. The molecule has 24 heavy (non-hydrogen) atoms. The van der Waals surface area contributed by atoms with Gasteiger partial charge in [0.15, 0.2) is 5.84 Å². The second-order valence-corrected chi connectivity index (χ2v) is 4.69. The van der Waals surface area contributed by atoms with Gasteiger partial charge in [-0.2, -0.15) is 10.4 Å². The SMILES string of the molecule is N#C/C(=N\Nc1ccccc1C(=O)NCc1cccnc1)C(=N)N. The van der Waals surface area contributed by atoms with E-state index in [-0.39, 0.29) is 11.6 Å². The number of hydrazone groups is 1. The molecule has 0 saturated heterocycles. The van der Waals surface area contributed by atoms with Gasteiger partial charge in [0.05, 0.1) is 11.3 Å².